The van der Waals surface area contributed by atoms with Gasteiger partial charge in [0.15, 0.2) is 5.96 Å². The summed E-state index contributed by atoms with van der Waals surface area (Å²) >= 11 is 0. The smallest absolute Gasteiger partial charge is 0.258 e. The monoisotopic (exact) mass is 320 g/mol. The normalized spacial score (nSPS) is 10.4. The third kappa shape index (κ3) is 3.03. The van der Waals surface area contributed by atoms with Crippen molar-refractivity contribution in [3.63, 3.8) is 0 Å². The number of methoxy groups -OCH3 is 1. The second kappa shape index (κ2) is 6.37. The molecule has 0 aliphatic rings. The molecule has 0 saturated heterocycles. The Morgan fingerprint density at radius 3 is 2.58 bits per heavy atom. The van der Waals surface area contributed by atoms with Crippen LogP contribution in [0.1, 0.15) is 10.4 Å². The molecule has 0 saturated carbocycles. The molecular weight excluding hydrogens is 304 g/mol. The average Bonchev–Trinajstić information content (AvgIpc) is 2.60. The van der Waals surface area contributed by atoms with Crippen molar-refractivity contribution in [1.82, 2.24) is 10.3 Å². The Balaban J connectivity index is 2.23. The lowest BCUT2D eigenvalue weighted by atomic mass is 10.0. The van der Waals surface area contributed by atoms with E-state index in [2.05, 4.69) is 10.3 Å². The fourth-order valence-electron chi connectivity index (χ4n) is 2.47. The van der Waals surface area contributed by atoms with Crippen molar-refractivity contribution in [3.05, 3.63) is 60.2 Å². The van der Waals surface area contributed by atoms with Gasteiger partial charge < -0.3 is 10.5 Å². The van der Waals surface area contributed by atoms with Crippen LogP contribution in [0.2, 0.25) is 0 Å². The van der Waals surface area contributed by atoms with Crippen LogP contribution in [-0.2, 0) is 0 Å². The van der Waals surface area contributed by atoms with Gasteiger partial charge >= 0.3 is 0 Å². The molecule has 1 heterocycles. The van der Waals surface area contributed by atoms with Crippen molar-refractivity contribution in [1.29, 1.82) is 5.41 Å². The third-order valence-corrected chi connectivity index (χ3v) is 3.58. The largest absolute Gasteiger partial charge is 0.497 e. The number of carbonyl (C=O) groups is 1. The maximum Gasteiger partial charge on any atom is 0.258 e. The number of nitrogens with two attached hydrogens (primary N) is 1. The number of hydrogen-bond acceptors (Lipinski definition) is 4. The predicted octanol–water partition coefficient (Wildman–Crippen LogP) is 2.53. The van der Waals surface area contributed by atoms with Crippen LogP contribution in [-0.4, -0.2) is 24.0 Å². The fraction of sp³-hybridized carbons (Fsp3) is 0.0556. The van der Waals surface area contributed by atoms with Crippen LogP contribution >= 0.6 is 0 Å². The van der Waals surface area contributed by atoms with Gasteiger partial charge in [-0.3, -0.25) is 15.5 Å². The van der Waals surface area contributed by atoms with Crippen molar-refractivity contribution in [2.45, 2.75) is 0 Å². The standard InChI is InChI=1S/C18H16N4O2/c1-24-12-7-8-13-14(17(23)22-18(19)20)10-15(21-16(13)9-12)11-5-3-2-4-6-11/h2-10H,1H3,(H4,19,20,22,23). The zero-order valence-corrected chi connectivity index (χ0v) is 13.0. The quantitative estimate of drug-likeness (QED) is 0.510. The summed E-state index contributed by atoms with van der Waals surface area (Å²) in [5.74, 6) is -0.199. The first-order valence-electron chi connectivity index (χ1n) is 7.28. The molecular formula is C18H16N4O2. The lowest BCUT2D eigenvalue weighted by Gasteiger charge is -2.11. The number of pyridine rings is 1. The molecule has 3 aromatic rings. The molecule has 0 aliphatic heterocycles. The number of amides is 1. The van der Waals surface area contributed by atoms with Crippen LogP contribution in [0.5, 0.6) is 5.75 Å². The second-order valence-electron chi connectivity index (χ2n) is 5.17. The summed E-state index contributed by atoms with van der Waals surface area (Å²) in [5.41, 5.74) is 7.86. The Kier molecular flexibility index (Phi) is 4.11. The van der Waals surface area contributed by atoms with E-state index >= 15 is 0 Å². The molecule has 24 heavy (non-hydrogen) atoms. The van der Waals surface area contributed by atoms with E-state index in [9.17, 15) is 4.79 Å². The SMILES string of the molecule is COc1ccc2c(C(=O)NC(=N)N)cc(-c3ccccc3)nc2c1. The van der Waals surface area contributed by atoms with Crippen molar-refractivity contribution in [2.75, 3.05) is 7.11 Å². The van der Waals surface area contributed by atoms with E-state index in [-0.39, 0.29) is 0 Å². The zero-order valence-electron chi connectivity index (χ0n) is 13.0. The van der Waals surface area contributed by atoms with Gasteiger partial charge in [0.1, 0.15) is 5.75 Å². The first kappa shape index (κ1) is 15.5. The van der Waals surface area contributed by atoms with Crippen LogP contribution in [0, 0.1) is 5.41 Å². The van der Waals surface area contributed by atoms with Gasteiger partial charge in [-0.05, 0) is 18.2 Å². The Morgan fingerprint density at radius 1 is 1.17 bits per heavy atom. The number of benzene rings is 2. The first-order valence-corrected chi connectivity index (χ1v) is 7.28. The maximum atomic E-state index is 12.4. The molecule has 1 aromatic heterocycles. The molecule has 1 amide bonds. The van der Waals surface area contributed by atoms with E-state index in [0.717, 1.165) is 5.56 Å². The minimum atomic E-state index is -0.447. The highest BCUT2D eigenvalue weighted by molar-refractivity contribution is 6.12. The lowest BCUT2D eigenvalue weighted by molar-refractivity contribution is 0.0978. The van der Waals surface area contributed by atoms with Gasteiger partial charge in [0, 0.05) is 17.0 Å². The molecule has 0 unspecified atom stereocenters. The summed E-state index contributed by atoms with van der Waals surface area (Å²) in [6.07, 6.45) is 0. The number of hydrogen-bond donors (Lipinski definition) is 3. The van der Waals surface area contributed by atoms with Gasteiger partial charge in [-0.25, -0.2) is 4.98 Å². The number of ether oxygens (including phenoxy) is 1. The molecule has 6 heteroatoms. The molecule has 0 fully saturated rings. The highest BCUT2D eigenvalue weighted by atomic mass is 16.5. The second-order valence-corrected chi connectivity index (χ2v) is 5.17. The van der Waals surface area contributed by atoms with Gasteiger partial charge in [0.2, 0.25) is 0 Å². The topological polar surface area (TPSA) is 101 Å². The van der Waals surface area contributed by atoms with Crippen LogP contribution in [0.25, 0.3) is 22.2 Å². The number of rotatable bonds is 3. The third-order valence-electron chi connectivity index (χ3n) is 3.58. The van der Waals surface area contributed by atoms with Gasteiger partial charge in [0.05, 0.1) is 23.9 Å². The molecule has 0 spiro atoms. The predicted molar refractivity (Wildman–Crippen MR) is 93.1 cm³/mol. The van der Waals surface area contributed by atoms with Gasteiger partial charge in [-0.15, -0.1) is 0 Å². The summed E-state index contributed by atoms with van der Waals surface area (Å²) in [7, 11) is 1.57. The van der Waals surface area contributed by atoms with Crippen molar-refractivity contribution >= 4 is 22.8 Å². The molecule has 0 radical (unpaired) electrons. The number of nitrogens with one attached hydrogen (secondary N) is 2. The highest BCUT2D eigenvalue weighted by Gasteiger charge is 2.15. The van der Waals surface area contributed by atoms with Crippen LogP contribution in [0.4, 0.5) is 0 Å². The molecule has 4 N–H and O–H groups in total. The Hall–Kier alpha value is -3.41. The van der Waals surface area contributed by atoms with Gasteiger partial charge in [-0.2, -0.15) is 0 Å². The molecule has 3 rings (SSSR count). The molecule has 120 valence electrons. The average molecular weight is 320 g/mol. The van der Waals surface area contributed by atoms with E-state index < -0.39 is 11.9 Å². The number of aromatic nitrogens is 1. The zero-order chi connectivity index (χ0) is 17.1. The van der Waals surface area contributed by atoms with Crippen molar-refractivity contribution in [2.24, 2.45) is 5.73 Å². The van der Waals surface area contributed by atoms with Crippen molar-refractivity contribution in [3.8, 4) is 17.0 Å². The first-order chi connectivity index (χ1) is 11.6. The number of carbonyl (C=O) groups excluding carboxylic acids is 1. The summed E-state index contributed by atoms with van der Waals surface area (Å²) < 4.78 is 5.24. The molecule has 0 atom stereocenters. The van der Waals surface area contributed by atoms with E-state index in [1.807, 2.05) is 30.3 Å². The summed E-state index contributed by atoms with van der Waals surface area (Å²) in [6.45, 7) is 0. The number of fused-ring (bicyclic) bond motifs is 1. The molecule has 6 nitrogen and oxygen atoms in total. The number of nitrogens with zero attached hydrogens (tertiary/aromatic N) is 1. The molecule has 2 aromatic carbocycles. The van der Waals surface area contributed by atoms with E-state index in [1.165, 1.54) is 0 Å². The van der Waals surface area contributed by atoms with Gasteiger partial charge in [-0.1, -0.05) is 30.3 Å². The number of guanidine groups is 1. The Labute approximate surface area is 138 Å². The van der Waals surface area contributed by atoms with Crippen LogP contribution in [0.3, 0.4) is 0 Å². The van der Waals surface area contributed by atoms with Crippen LogP contribution in [0.15, 0.2) is 54.6 Å². The maximum absolute atomic E-state index is 12.4. The Bertz CT molecular complexity index is 923. The van der Waals surface area contributed by atoms with E-state index in [0.29, 0.717) is 27.9 Å². The van der Waals surface area contributed by atoms with Crippen LogP contribution < -0.4 is 15.8 Å². The minimum absolute atomic E-state index is 0.400. The lowest BCUT2D eigenvalue weighted by Crippen LogP contribution is -2.35. The van der Waals surface area contributed by atoms with E-state index in [4.69, 9.17) is 15.9 Å². The molecule has 0 bridgehead atoms. The fourth-order valence-corrected chi connectivity index (χ4v) is 2.47. The summed E-state index contributed by atoms with van der Waals surface area (Å²) in [6, 6.07) is 16.6. The summed E-state index contributed by atoms with van der Waals surface area (Å²) in [4.78, 5) is 17.0. The van der Waals surface area contributed by atoms with E-state index in [1.54, 1.807) is 31.4 Å². The summed E-state index contributed by atoms with van der Waals surface area (Å²) in [5, 5.41) is 10.3. The van der Waals surface area contributed by atoms with Gasteiger partial charge in [0.25, 0.3) is 5.91 Å². The minimum Gasteiger partial charge on any atom is -0.497 e. The van der Waals surface area contributed by atoms with Crippen molar-refractivity contribution < 1.29 is 9.53 Å². The molecule has 0 aliphatic carbocycles. The highest BCUT2D eigenvalue weighted by Crippen LogP contribution is 2.27. The Morgan fingerprint density at radius 2 is 1.92 bits per heavy atom.